The van der Waals surface area contributed by atoms with Crippen molar-refractivity contribution in [2.75, 3.05) is 5.32 Å². The lowest BCUT2D eigenvalue weighted by molar-refractivity contribution is -0.0892. The number of aromatic amines is 1. The van der Waals surface area contributed by atoms with Gasteiger partial charge in [0.1, 0.15) is 11.9 Å². The average Bonchev–Trinajstić information content (AvgIpc) is 3.21. The van der Waals surface area contributed by atoms with Gasteiger partial charge in [0.2, 0.25) is 0 Å². The molecule has 5 nitrogen and oxygen atoms in total. The maximum atomic E-state index is 13.0. The summed E-state index contributed by atoms with van der Waals surface area (Å²) in [5.41, 5.74) is 5.24. The van der Waals surface area contributed by atoms with Crippen LogP contribution in [0.5, 0.6) is 5.75 Å². The second-order valence-electron chi connectivity index (χ2n) is 6.57. The van der Waals surface area contributed by atoms with Gasteiger partial charge < -0.3 is 15.4 Å². The topological polar surface area (TPSA) is 62.0 Å². The quantitative estimate of drug-likeness (QED) is 0.511. The Morgan fingerprint density at radius 3 is 2.66 bits per heavy atom. The highest BCUT2D eigenvalue weighted by Gasteiger charge is 2.25. The highest BCUT2D eigenvalue weighted by Crippen LogP contribution is 2.33. The van der Waals surface area contributed by atoms with Gasteiger partial charge in [0, 0.05) is 23.0 Å². The number of ether oxygens (including phenoxy) is 1. The van der Waals surface area contributed by atoms with Crippen LogP contribution in [0.4, 0.5) is 14.5 Å². The maximum absolute atomic E-state index is 13.0. The predicted molar refractivity (Wildman–Crippen MR) is 116 cm³/mol. The van der Waals surface area contributed by atoms with E-state index in [2.05, 4.69) is 45.5 Å². The van der Waals surface area contributed by atoms with Gasteiger partial charge in [-0.05, 0) is 69.8 Å². The minimum absolute atomic E-state index is 0.0991. The number of H-pyrrole nitrogens is 1. The summed E-state index contributed by atoms with van der Waals surface area (Å²) < 4.78 is 30.6. The molecule has 1 aliphatic rings. The average molecular weight is 418 g/mol. The zero-order valence-electron chi connectivity index (χ0n) is 16.4. The third-order valence-corrected chi connectivity index (χ3v) is 4.62. The molecule has 2 unspecified atom stereocenters. The number of halogens is 2. The number of nitrogens with one attached hydrogen (secondary N) is 3. The minimum Gasteiger partial charge on any atom is -0.430 e. The number of hydrogen-bond acceptors (Lipinski definition) is 4. The molecule has 3 rings (SSSR count). The Balaban J connectivity index is 1.91. The summed E-state index contributed by atoms with van der Waals surface area (Å²) in [6.07, 6.45) is 11.5. The van der Waals surface area contributed by atoms with Crippen molar-refractivity contribution in [2.24, 2.45) is 0 Å². The number of nitrogens with zero attached hydrogens (tertiary/aromatic N) is 1. The van der Waals surface area contributed by atoms with E-state index in [0.717, 1.165) is 35.2 Å². The summed E-state index contributed by atoms with van der Waals surface area (Å²) >= 11 is 0. The predicted octanol–water partition coefficient (Wildman–Crippen LogP) is 5.27. The minimum atomic E-state index is -3.29. The Bertz CT molecular complexity index is 900. The molecule has 2 heterocycles. The van der Waals surface area contributed by atoms with Crippen LogP contribution < -0.4 is 15.4 Å². The highest BCUT2D eigenvalue weighted by atomic mass is 31.0. The molecule has 3 N–H and O–H groups in total. The van der Waals surface area contributed by atoms with Crippen LogP contribution in [-0.2, 0) is 0 Å². The summed E-state index contributed by atoms with van der Waals surface area (Å²) in [5, 5.41) is 13.8. The second-order valence-corrected chi connectivity index (χ2v) is 7.24. The first kappa shape index (κ1) is 21.1. The van der Waals surface area contributed by atoms with Crippen LogP contribution in [-0.4, -0.2) is 22.2 Å². The van der Waals surface area contributed by atoms with E-state index < -0.39 is 5.85 Å². The van der Waals surface area contributed by atoms with Gasteiger partial charge in [-0.1, -0.05) is 19.9 Å². The fraction of sp³-hybridized carbons (Fsp3) is 0.286. The molecule has 0 bridgehead atoms. The van der Waals surface area contributed by atoms with Crippen LogP contribution in [0.15, 0.2) is 66.2 Å². The third-order valence-electron chi connectivity index (χ3n) is 4.50. The Morgan fingerprint density at radius 2 is 2.07 bits per heavy atom. The zero-order chi connectivity index (χ0) is 20.9. The molecular formula is C21H25F2N4OP. The number of benzene rings is 1. The standard InChI is InChI=1S/C21H25F2N4OP/c1-3-5-14(4-2)19-18(15-12-25-26-13-15)10-11-24-20(19)27-16-6-8-17(9-7-16)28-21(22,23)29/h5-13,20,24,27H,3-4,29H2,1-2H3,(H,25,26)/b14-5+. The van der Waals surface area contributed by atoms with Gasteiger partial charge in [-0.25, -0.2) is 0 Å². The number of rotatable bonds is 8. The smallest absolute Gasteiger partial charge is 0.408 e. The molecule has 0 amide bonds. The Kier molecular flexibility index (Phi) is 6.70. The number of dihydropyridines is 1. The van der Waals surface area contributed by atoms with E-state index in [-0.39, 0.29) is 11.9 Å². The first-order chi connectivity index (χ1) is 13.9. The molecule has 2 aromatic rings. The fourth-order valence-electron chi connectivity index (χ4n) is 3.31. The molecule has 0 aliphatic carbocycles. The van der Waals surface area contributed by atoms with E-state index >= 15 is 0 Å². The summed E-state index contributed by atoms with van der Waals surface area (Å²) in [6.45, 7) is 4.24. The molecule has 0 saturated carbocycles. The normalized spacial score (nSPS) is 17.3. The molecule has 8 heteroatoms. The van der Waals surface area contributed by atoms with Crippen molar-refractivity contribution in [1.82, 2.24) is 15.5 Å². The van der Waals surface area contributed by atoms with E-state index in [4.69, 9.17) is 0 Å². The lowest BCUT2D eigenvalue weighted by Gasteiger charge is -2.30. The van der Waals surface area contributed by atoms with E-state index in [0.29, 0.717) is 0 Å². The van der Waals surface area contributed by atoms with Gasteiger partial charge >= 0.3 is 5.85 Å². The molecule has 1 aromatic carbocycles. The van der Waals surface area contributed by atoms with Gasteiger partial charge in [-0.15, -0.1) is 0 Å². The van der Waals surface area contributed by atoms with Crippen molar-refractivity contribution in [3.8, 4) is 5.75 Å². The SMILES string of the molecule is CC/C=C(\CC)C1=C(c2cn[nH]c2)C=CNC1Nc1ccc(OC(F)(F)P)cc1. The molecule has 29 heavy (non-hydrogen) atoms. The molecule has 1 aliphatic heterocycles. The van der Waals surface area contributed by atoms with Crippen LogP contribution in [0.1, 0.15) is 32.3 Å². The van der Waals surface area contributed by atoms with Gasteiger partial charge in [-0.3, -0.25) is 5.10 Å². The highest BCUT2D eigenvalue weighted by molar-refractivity contribution is 7.17. The van der Waals surface area contributed by atoms with E-state index in [1.165, 1.54) is 26.9 Å². The van der Waals surface area contributed by atoms with Crippen molar-refractivity contribution >= 4 is 20.5 Å². The fourth-order valence-corrected chi connectivity index (χ4v) is 3.45. The van der Waals surface area contributed by atoms with Gasteiger partial charge in [-0.2, -0.15) is 13.9 Å². The van der Waals surface area contributed by atoms with E-state index in [9.17, 15) is 8.78 Å². The summed E-state index contributed by atoms with van der Waals surface area (Å²) in [4.78, 5) is 0. The van der Waals surface area contributed by atoms with Crippen molar-refractivity contribution in [3.63, 3.8) is 0 Å². The summed E-state index contributed by atoms with van der Waals surface area (Å²) in [5.74, 6) is -3.19. The van der Waals surface area contributed by atoms with Crippen molar-refractivity contribution in [1.29, 1.82) is 0 Å². The molecule has 1 aromatic heterocycles. The van der Waals surface area contributed by atoms with Crippen molar-refractivity contribution < 1.29 is 13.5 Å². The van der Waals surface area contributed by atoms with E-state index in [1.54, 1.807) is 18.3 Å². The van der Waals surface area contributed by atoms with Crippen LogP contribution >= 0.6 is 9.24 Å². The molecule has 2 atom stereocenters. The molecule has 0 saturated heterocycles. The number of anilines is 1. The molecular weight excluding hydrogens is 393 g/mol. The van der Waals surface area contributed by atoms with Gasteiger partial charge in [0.25, 0.3) is 0 Å². The summed E-state index contributed by atoms with van der Waals surface area (Å²) in [7, 11) is 1.37. The lowest BCUT2D eigenvalue weighted by atomic mass is 9.90. The Hall–Kier alpha value is -2.66. The molecule has 0 radical (unpaired) electrons. The van der Waals surface area contributed by atoms with Gasteiger partial charge in [0.05, 0.1) is 6.20 Å². The monoisotopic (exact) mass is 418 g/mol. The molecule has 154 valence electrons. The van der Waals surface area contributed by atoms with Crippen LogP contribution in [0.3, 0.4) is 0 Å². The van der Waals surface area contributed by atoms with Crippen LogP contribution in [0, 0.1) is 0 Å². The summed E-state index contributed by atoms with van der Waals surface area (Å²) in [6, 6.07) is 6.47. The van der Waals surface area contributed by atoms with Gasteiger partial charge in [0.15, 0.2) is 0 Å². The number of alkyl halides is 2. The number of allylic oxidation sites excluding steroid dienone is 3. The molecule has 0 spiro atoms. The maximum Gasteiger partial charge on any atom is 0.408 e. The Morgan fingerprint density at radius 1 is 1.31 bits per heavy atom. The van der Waals surface area contributed by atoms with Crippen LogP contribution in [0.25, 0.3) is 5.57 Å². The first-order valence-corrected chi connectivity index (χ1v) is 10.1. The number of hydrogen-bond donors (Lipinski definition) is 3. The lowest BCUT2D eigenvalue weighted by Crippen LogP contribution is -2.37. The third kappa shape index (κ3) is 5.45. The zero-order valence-corrected chi connectivity index (χ0v) is 17.5. The van der Waals surface area contributed by atoms with Crippen molar-refractivity contribution in [2.45, 2.75) is 38.7 Å². The van der Waals surface area contributed by atoms with Crippen molar-refractivity contribution in [3.05, 3.63) is 71.7 Å². The Labute approximate surface area is 171 Å². The number of aromatic nitrogens is 2. The first-order valence-electron chi connectivity index (χ1n) is 9.49. The largest absolute Gasteiger partial charge is 0.430 e. The molecule has 0 fully saturated rings. The van der Waals surface area contributed by atoms with E-state index in [1.807, 2.05) is 18.5 Å². The second kappa shape index (κ2) is 9.23. The van der Waals surface area contributed by atoms with Crippen LogP contribution in [0.2, 0.25) is 0 Å².